The van der Waals surface area contributed by atoms with E-state index in [2.05, 4.69) is 20.9 Å². The van der Waals surface area contributed by atoms with Crippen molar-refractivity contribution in [3.63, 3.8) is 0 Å². The fourth-order valence-corrected chi connectivity index (χ4v) is 4.88. The van der Waals surface area contributed by atoms with Crippen LogP contribution in [-0.4, -0.2) is 34.9 Å². The Morgan fingerprint density at radius 3 is 2.47 bits per heavy atom. The number of amides is 1. The van der Waals surface area contributed by atoms with Gasteiger partial charge >= 0.3 is 5.97 Å². The Bertz CT molecular complexity index is 1330. The van der Waals surface area contributed by atoms with Gasteiger partial charge in [-0.25, -0.2) is 9.78 Å². The molecule has 1 N–H and O–H groups in total. The second-order valence-electron chi connectivity index (χ2n) is 7.40. The number of ether oxygens (including phenoxy) is 1. The second kappa shape index (κ2) is 9.74. The monoisotopic (exact) mass is 538 g/mol. The van der Waals surface area contributed by atoms with Crippen LogP contribution in [0.25, 0.3) is 6.08 Å². The summed E-state index contributed by atoms with van der Waals surface area (Å²) in [6.07, 6.45) is 2.95. The molecule has 1 aliphatic rings. The molecule has 0 saturated heterocycles. The largest absolute Gasteiger partial charge is 0.503 e. The van der Waals surface area contributed by atoms with Crippen LogP contribution in [0.15, 0.2) is 76.5 Å². The van der Waals surface area contributed by atoms with Gasteiger partial charge in [0.15, 0.2) is 16.7 Å². The van der Waals surface area contributed by atoms with Gasteiger partial charge in [-0.1, -0.05) is 75.8 Å². The van der Waals surface area contributed by atoms with Crippen molar-refractivity contribution in [2.24, 2.45) is 0 Å². The van der Waals surface area contributed by atoms with Crippen molar-refractivity contribution < 1.29 is 24.2 Å². The third-order valence-electron chi connectivity index (χ3n) is 5.25. The number of carbonyl (C=O) groups is 3. The van der Waals surface area contributed by atoms with Gasteiger partial charge in [0.2, 0.25) is 0 Å². The molecule has 1 amide bonds. The Hall–Kier alpha value is -3.56. The van der Waals surface area contributed by atoms with Crippen molar-refractivity contribution >= 4 is 56.1 Å². The Kier molecular flexibility index (Phi) is 6.76. The molecule has 0 radical (unpaired) electrons. The number of aliphatic hydroxyl groups is 1. The Morgan fingerprint density at radius 2 is 1.82 bits per heavy atom. The molecule has 7 nitrogen and oxygen atoms in total. The topological polar surface area (TPSA) is 96.8 Å². The highest BCUT2D eigenvalue weighted by Gasteiger charge is 2.45. The molecule has 1 aromatic heterocycles. The molecule has 2 aromatic carbocycles. The number of halogens is 1. The molecular weight excluding hydrogens is 520 g/mol. The van der Waals surface area contributed by atoms with E-state index in [0.29, 0.717) is 11.3 Å². The van der Waals surface area contributed by atoms with Crippen molar-refractivity contribution in [3.8, 4) is 0 Å². The van der Waals surface area contributed by atoms with Crippen molar-refractivity contribution in [1.29, 1.82) is 0 Å². The van der Waals surface area contributed by atoms with E-state index in [1.54, 1.807) is 37.3 Å². The summed E-state index contributed by atoms with van der Waals surface area (Å²) in [5.41, 5.74) is 1.73. The summed E-state index contributed by atoms with van der Waals surface area (Å²) in [5, 5.41) is 11.0. The number of aryl methyl sites for hydroxylation is 1. The van der Waals surface area contributed by atoms with Gasteiger partial charge in [0.05, 0.1) is 24.4 Å². The minimum absolute atomic E-state index is 0.0630. The quantitative estimate of drug-likeness (QED) is 0.343. The first-order valence-electron chi connectivity index (χ1n) is 10.2. The number of hydrogen-bond donors (Lipinski definition) is 1. The average molecular weight is 539 g/mol. The molecule has 1 unspecified atom stereocenters. The molecule has 1 aliphatic heterocycles. The summed E-state index contributed by atoms with van der Waals surface area (Å²) in [5.74, 6) is -2.50. The van der Waals surface area contributed by atoms with Crippen molar-refractivity contribution in [2.75, 3.05) is 12.0 Å². The van der Waals surface area contributed by atoms with Gasteiger partial charge < -0.3 is 9.84 Å². The molecule has 0 saturated carbocycles. The van der Waals surface area contributed by atoms with Gasteiger partial charge in [0, 0.05) is 4.47 Å². The van der Waals surface area contributed by atoms with Crippen LogP contribution >= 0.6 is 27.3 Å². The Balaban J connectivity index is 1.80. The van der Waals surface area contributed by atoms with Crippen LogP contribution in [0, 0.1) is 6.92 Å². The molecule has 3 aromatic rings. The number of rotatable bonds is 6. The van der Waals surface area contributed by atoms with Crippen molar-refractivity contribution in [2.45, 2.75) is 13.0 Å². The van der Waals surface area contributed by atoms with E-state index in [0.717, 1.165) is 21.4 Å². The Morgan fingerprint density at radius 1 is 1.15 bits per heavy atom. The summed E-state index contributed by atoms with van der Waals surface area (Å²) in [7, 11) is 1.26. The number of thiazole rings is 1. The zero-order valence-electron chi connectivity index (χ0n) is 18.2. The highest BCUT2D eigenvalue weighted by molar-refractivity contribution is 9.10. The number of benzene rings is 2. The number of aromatic nitrogens is 1. The second-order valence-corrected chi connectivity index (χ2v) is 9.30. The number of nitrogens with zero attached hydrogens (tertiary/aromatic N) is 2. The lowest BCUT2D eigenvalue weighted by molar-refractivity contribution is -0.117. The minimum atomic E-state index is -0.926. The van der Waals surface area contributed by atoms with E-state index in [9.17, 15) is 19.5 Å². The van der Waals surface area contributed by atoms with Crippen LogP contribution in [0.2, 0.25) is 0 Å². The highest BCUT2D eigenvalue weighted by Crippen LogP contribution is 2.43. The summed E-state index contributed by atoms with van der Waals surface area (Å²) in [6, 6.07) is 15.4. The van der Waals surface area contributed by atoms with Crippen LogP contribution in [0.5, 0.6) is 0 Å². The van der Waals surface area contributed by atoms with Crippen LogP contribution < -0.4 is 4.90 Å². The van der Waals surface area contributed by atoms with Crippen LogP contribution in [-0.2, 0) is 14.3 Å². The molecule has 34 heavy (non-hydrogen) atoms. The fraction of sp³-hybridized carbons (Fsp3) is 0.120. The third-order valence-corrected chi connectivity index (χ3v) is 6.91. The summed E-state index contributed by atoms with van der Waals surface area (Å²) in [6.45, 7) is 1.63. The smallest absolute Gasteiger partial charge is 0.350 e. The van der Waals surface area contributed by atoms with Crippen molar-refractivity contribution in [3.05, 3.63) is 98.2 Å². The third kappa shape index (κ3) is 4.44. The molecule has 0 fully saturated rings. The highest BCUT2D eigenvalue weighted by atomic mass is 79.9. The minimum Gasteiger partial charge on any atom is -0.503 e. The van der Waals surface area contributed by atoms with Crippen LogP contribution in [0.3, 0.4) is 0 Å². The maximum atomic E-state index is 13.2. The van der Waals surface area contributed by atoms with E-state index in [1.165, 1.54) is 18.1 Å². The predicted octanol–water partition coefficient (Wildman–Crippen LogP) is 5.18. The van der Waals surface area contributed by atoms with Crippen LogP contribution in [0.1, 0.15) is 32.5 Å². The molecule has 0 aliphatic carbocycles. The maximum Gasteiger partial charge on any atom is 0.350 e. The van der Waals surface area contributed by atoms with E-state index in [4.69, 9.17) is 4.74 Å². The maximum absolute atomic E-state index is 13.2. The number of esters is 1. The van der Waals surface area contributed by atoms with Crippen molar-refractivity contribution in [1.82, 2.24) is 4.98 Å². The van der Waals surface area contributed by atoms with E-state index in [1.807, 2.05) is 30.3 Å². The molecular formula is C25H19BrN2O5S. The summed E-state index contributed by atoms with van der Waals surface area (Å²) in [4.78, 5) is 44.4. The van der Waals surface area contributed by atoms with Gasteiger partial charge in [0.1, 0.15) is 4.88 Å². The number of allylic oxidation sites excluding steroid dienone is 1. The van der Waals surface area contributed by atoms with Gasteiger partial charge in [-0.2, -0.15) is 0 Å². The van der Waals surface area contributed by atoms with Gasteiger partial charge in [-0.15, -0.1) is 0 Å². The van der Waals surface area contributed by atoms with Gasteiger partial charge in [-0.3, -0.25) is 14.5 Å². The molecule has 0 bridgehead atoms. The fourth-order valence-electron chi connectivity index (χ4n) is 3.61. The summed E-state index contributed by atoms with van der Waals surface area (Å²) < 4.78 is 5.61. The lowest BCUT2D eigenvalue weighted by Crippen LogP contribution is -2.30. The molecule has 172 valence electrons. The molecule has 0 spiro atoms. The molecule has 4 rings (SSSR count). The number of ketones is 1. The zero-order valence-corrected chi connectivity index (χ0v) is 20.6. The van der Waals surface area contributed by atoms with Gasteiger partial charge in [-0.05, 0) is 36.3 Å². The predicted molar refractivity (Wildman–Crippen MR) is 133 cm³/mol. The van der Waals surface area contributed by atoms with Gasteiger partial charge in [0.25, 0.3) is 5.91 Å². The molecule has 1 atom stereocenters. The van der Waals surface area contributed by atoms with E-state index < -0.39 is 29.5 Å². The standard InChI is InChI=1S/C25H19BrN2O5S/c1-14-22(24(32)33-2)34-25(27-14)28-20(16-9-11-17(26)12-10-16)19(21(30)23(28)31)18(29)13-8-15-6-4-3-5-7-15/h3-13,20,30H,1-2H3/b13-8+. The zero-order chi connectivity index (χ0) is 24.4. The normalized spacial score (nSPS) is 15.9. The van der Waals surface area contributed by atoms with E-state index in [-0.39, 0.29) is 15.6 Å². The number of methoxy groups -OCH3 is 1. The lowest BCUT2D eigenvalue weighted by Gasteiger charge is -2.24. The average Bonchev–Trinajstić information content (AvgIpc) is 3.35. The summed E-state index contributed by atoms with van der Waals surface area (Å²) >= 11 is 4.35. The number of carbonyl (C=O) groups excluding carboxylic acids is 3. The molecule has 9 heteroatoms. The number of aliphatic hydroxyl groups excluding tert-OH is 1. The first kappa shape index (κ1) is 23.6. The number of hydrogen-bond acceptors (Lipinski definition) is 7. The number of anilines is 1. The van der Waals surface area contributed by atoms with E-state index >= 15 is 0 Å². The van der Waals surface area contributed by atoms with Crippen LogP contribution in [0.4, 0.5) is 5.13 Å². The Labute approximate surface area is 208 Å². The SMILES string of the molecule is COC(=O)c1sc(N2C(=O)C(O)=C(C(=O)/C=C/c3ccccc3)C2c2ccc(Br)cc2)nc1C. The molecule has 2 heterocycles. The first-order valence-corrected chi connectivity index (χ1v) is 11.8. The lowest BCUT2D eigenvalue weighted by atomic mass is 9.96. The first-order chi connectivity index (χ1) is 16.3.